The predicted molar refractivity (Wildman–Crippen MR) is 83.0 cm³/mol. The second kappa shape index (κ2) is 6.63. The molecule has 2 aliphatic rings. The first-order valence-corrected chi connectivity index (χ1v) is 8.48. The van der Waals surface area contributed by atoms with E-state index < -0.39 is 0 Å². The minimum atomic E-state index is 0.184. The Morgan fingerprint density at radius 3 is 2.67 bits per heavy atom. The van der Waals surface area contributed by atoms with Gasteiger partial charge in [-0.2, -0.15) is 5.10 Å². The number of hydrogen-bond acceptors (Lipinski definition) is 2. The summed E-state index contributed by atoms with van der Waals surface area (Å²) in [6, 6.07) is 0. The van der Waals surface area contributed by atoms with Gasteiger partial charge in [-0.15, -0.1) is 0 Å². The molecule has 1 amide bonds. The van der Waals surface area contributed by atoms with Gasteiger partial charge in [-0.1, -0.05) is 25.7 Å². The zero-order valence-corrected chi connectivity index (χ0v) is 13.1. The number of aromatic nitrogens is 2. The number of hydrogen-bond donors (Lipinski definition) is 0. The Kier molecular flexibility index (Phi) is 4.61. The standard InChI is InChI=1S/C17H27N3O/c1-19(11-14-6-3-2-4-7-14)17(21)13-20-12-16(10-18-20)15-8-5-9-15/h10,12,14-15H,2-9,11,13H2,1H3. The first kappa shape index (κ1) is 14.6. The fourth-order valence-corrected chi connectivity index (χ4v) is 3.54. The molecule has 0 unspecified atom stereocenters. The molecule has 2 saturated carbocycles. The predicted octanol–water partition coefficient (Wildman–Crippen LogP) is 3.19. The van der Waals surface area contributed by atoms with E-state index in [2.05, 4.69) is 11.3 Å². The fraction of sp³-hybridized carbons (Fsp3) is 0.765. The highest BCUT2D eigenvalue weighted by Crippen LogP contribution is 2.35. The van der Waals surface area contributed by atoms with E-state index in [1.807, 2.05) is 22.8 Å². The smallest absolute Gasteiger partial charge is 0.244 e. The highest BCUT2D eigenvalue weighted by molar-refractivity contribution is 5.75. The number of amides is 1. The van der Waals surface area contributed by atoms with Crippen LogP contribution in [0.4, 0.5) is 0 Å². The number of carbonyl (C=O) groups is 1. The Hall–Kier alpha value is -1.32. The molecule has 0 N–H and O–H groups in total. The minimum absolute atomic E-state index is 0.184. The van der Waals surface area contributed by atoms with Crippen LogP contribution in [0.1, 0.15) is 62.8 Å². The van der Waals surface area contributed by atoms with Crippen LogP contribution < -0.4 is 0 Å². The molecule has 0 spiro atoms. The van der Waals surface area contributed by atoms with Crippen LogP contribution in [0, 0.1) is 5.92 Å². The first-order valence-electron chi connectivity index (χ1n) is 8.48. The average Bonchev–Trinajstić information content (AvgIpc) is 2.86. The summed E-state index contributed by atoms with van der Waals surface area (Å²) >= 11 is 0. The lowest BCUT2D eigenvalue weighted by Gasteiger charge is -2.27. The van der Waals surface area contributed by atoms with Crippen molar-refractivity contribution in [2.45, 2.75) is 63.8 Å². The lowest BCUT2D eigenvalue weighted by Crippen LogP contribution is -2.35. The van der Waals surface area contributed by atoms with Crippen LogP contribution in [-0.2, 0) is 11.3 Å². The van der Waals surface area contributed by atoms with Crippen molar-refractivity contribution in [3.05, 3.63) is 18.0 Å². The van der Waals surface area contributed by atoms with Gasteiger partial charge < -0.3 is 4.90 Å². The molecule has 3 rings (SSSR count). The third kappa shape index (κ3) is 3.66. The summed E-state index contributed by atoms with van der Waals surface area (Å²) in [4.78, 5) is 14.2. The quantitative estimate of drug-likeness (QED) is 0.835. The number of carbonyl (C=O) groups excluding carboxylic acids is 1. The van der Waals surface area contributed by atoms with E-state index in [1.54, 1.807) is 0 Å². The van der Waals surface area contributed by atoms with Gasteiger partial charge in [0.1, 0.15) is 6.54 Å². The van der Waals surface area contributed by atoms with Crippen LogP contribution in [0.3, 0.4) is 0 Å². The van der Waals surface area contributed by atoms with Crippen molar-refractivity contribution >= 4 is 5.91 Å². The zero-order chi connectivity index (χ0) is 14.7. The van der Waals surface area contributed by atoms with Gasteiger partial charge in [-0.25, -0.2) is 0 Å². The Bertz CT molecular complexity index is 472. The SMILES string of the molecule is CN(CC1CCCCC1)C(=O)Cn1cc(C2CCC2)cn1. The molecule has 0 bridgehead atoms. The highest BCUT2D eigenvalue weighted by atomic mass is 16.2. The van der Waals surface area contributed by atoms with E-state index in [4.69, 9.17) is 0 Å². The van der Waals surface area contributed by atoms with Crippen molar-refractivity contribution in [3.8, 4) is 0 Å². The number of likely N-dealkylation sites (N-methyl/N-ethyl adjacent to an activating group) is 1. The van der Waals surface area contributed by atoms with Crippen LogP contribution >= 0.6 is 0 Å². The lowest BCUT2D eigenvalue weighted by molar-refractivity contribution is -0.131. The molecule has 1 aromatic rings. The molecular formula is C17H27N3O. The monoisotopic (exact) mass is 289 g/mol. The number of rotatable bonds is 5. The molecule has 1 heterocycles. The number of nitrogens with zero attached hydrogens (tertiary/aromatic N) is 3. The molecule has 2 fully saturated rings. The molecule has 116 valence electrons. The van der Waals surface area contributed by atoms with Crippen LogP contribution in [0.5, 0.6) is 0 Å². The van der Waals surface area contributed by atoms with Gasteiger partial charge in [0.25, 0.3) is 0 Å². The molecule has 0 atom stereocenters. The van der Waals surface area contributed by atoms with Gasteiger partial charge >= 0.3 is 0 Å². The minimum Gasteiger partial charge on any atom is -0.344 e. The maximum absolute atomic E-state index is 12.3. The van der Waals surface area contributed by atoms with Crippen molar-refractivity contribution in [1.29, 1.82) is 0 Å². The van der Waals surface area contributed by atoms with Crippen molar-refractivity contribution in [1.82, 2.24) is 14.7 Å². The molecule has 2 aliphatic carbocycles. The molecule has 4 heteroatoms. The zero-order valence-electron chi connectivity index (χ0n) is 13.1. The van der Waals surface area contributed by atoms with E-state index >= 15 is 0 Å². The maximum atomic E-state index is 12.3. The molecule has 0 radical (unpaired) electrons. The van der Waals surface area contributed by atoms with E-state index in [0.717, 1.165) is 6.54 Å². The molecule has 0 aromatic carbocycles. The van der Waals surface area contributed by atoms with E-state index in [-0.39, 0.29) is 5.91 Å². The van der Waals surface area contributed by atoms with E-state index in [0.29, 0.717) is 18.4 Å². The van der Waals surface area contributed by atoms with Crippen molar-refractivity contribution in [3.63, 3.8) is 0 Å². The molecule has 4 nitrogen and oxygen atoms in total. The summed E-state index contributed by atoms with van der Waals surface area (Å²) in [6.07, 6.45) is 14.5. The van der Waals surface area contributed by atoms with Gasteiger partial charge in [-0.3, -0.25) is 9.48 Å². The molecule has 0 saturated heterocycles. The average molecular weight is 289 g/mol. The van der Waals surface area contributed by atoms with Crippen LogP contribution in [-0.4, -0.2) is 34.2 Å². The summed E-state index contributed by atoms with van der Waals surface area (Å²) in [5.74, 6) is 1.58. The molecule has 0 aliphatic heterocycles. The second-order valence-corrected chi connectivity index (χ2v) is 6.88. The molecular weight excluding hydrogens is 262 g/mol. The van der Waals surface area contributed by atoms with Gasteiger partial charge in [0, 0.05) is 19.8 Å². The normalized spacial score (nSPS) is 20.2. The molecule has 21 heavy (non-hydrogen) atoms. The van der Waals surface area contributed by atoms with Crippen LogP contribution in [0.15, 0.2) is 12.4 Å². The lowest BCUT2D eigenvalue weighted by atomic mass is 9.81. The van der Waals surface area contributed by atoms with Crippen LogP contribution in [0.2, 0.25) is 0 Å². The van der Waals surface area contributed by atoms with Crippen molar-refractivity contribution in [2.75, 3.05) is 13.6 Å². The Morgan fingerprint density at radius 2 is 2.00 bits per heavy atom. The van der Waals surface area contributed by atoms with E-state index in [1.165, 1.54) is 56.9 Å². The van der Waals surface area contributed by atoms with E-state index in [9.17, 15) is 4.79 Å². The van der Waals surface area contributed by atoms with Gasteiger partial charge in [-0.05, 0) is 43.1 Å². The Balaban J connectivity index is 1.49. The third-order valence-corrected chi connectivity index (χ3v) is 5.21. The second-order valence-electron chi connectivity index (χ2n) is 6.88. The largest absolute Gasteiger partial charge is 0.344 e. The summed E-state index contributed by atoms with van der Waals surface area (Å²) in [5.41, 5.74) is 1.31. The van der Waals surface area contributed by atoms with Crippen LogP contribution in [0.25, 0.3) is 0 Å². The van der Waals surface area contributed by atoms with Gasteiger partial charge in [0.05, 0.1) is 6.20 Å². The Labute approximate surface area is 127 Å². The maximum Gasteiger partial charge on any atom is 0.244 e. The topological polar surface area (TPSA) is 38.1 Å². The summed E-state index contributed by atoms with van der Waals surface area (Å²) in [5, 5.41) is 4.36. The highest BCUT2D eigenvalue weighted by Gasteiger charge is 2.22. The third-order valence-electron chi connectivity index (χ3n) is 5.21. The summed E-state index contributed by atoms with van der Waals surface area (Å²) < 4.78 is 1.81. The summed E-state index contributed by atoms with van der Waals surface area (Å²) in [7, 11) is 1.94. The van der Waals surface area contributed by atoms with Gasteiger partial charge in [0.15, 0.2) is 0 Å². The summed E-state index contributed by atoms with van der Waals surface area (Å²) in [6.45, 7) is 1.30. The van der Waals surface area contributed by atoms with Crippen molar-refractivity contribution < 1.29 is 4.79 Å². The fourth-order valence-electron chi connectivity index (χ4n) is 3.54. The van der Waals surface area contributed by atoms with Gasteiger partial charge in [0.2, 0.25) is 5.91 Å². The van der Waals surface area contributed by atoms with Crippen molar-refractivity contribution in [2.24, 2.45) is 5.92 Å². The first-order chi connectivity index (χ1) is 10.2. The molecule has 1 aromatic heterocycles. The Morgan fingerprint density at radius 1 is 1.24 bits per heavy atom.